The van der Waals surface area contributed by atoms with E-state index in [9.17, 15) is 9.59 Å². The third kappa shape index (κ3) is 3.20. The molecule has 1 aliphatic heterocycles. The Morgan fingerprint density at radius 2 is 2.06 bits per heavy atom. The number of aliphatic carboxylic acids is 1. The fourth-order valence-electron chi connectivity index (χ4n) is 1.80. The second kappa shape index (κ2) is 4.82. The number of hydrogen-bond acceptors (Lipinski definition) is 3. The first-order valence-electron chi connectivity index (χ1n) is 5.59. The molecule has 1 rings (SSSR count). The van der Waals surface area contributed by atoms with E-state index in [1.807, 2.05) is 0 Å². The standard InChI is InChI=1S/C11H20N2O3/c1-11(2,3)8(10(15)16)13-9(14)7-5-4-6-12-7/h7-8,12H,4-6H2,1-3H3,(H,13,14)(H,15,16)/t7-,8-/m0/s1. The maximum Gasteiger partial charge on any atom is 0.326 e. The van der Waals surface area contributed by atoms with Gasteiger partial charge in [0.25, 0.3) is 0 Å². The fraction of sp³-hybridized carbons (Fsp3) is 0.818. The minimum absolute atomic E-state index is 0.208. The van der Waals surface area contributed by atoms with Crippen molar-refractivity contribution in [3.8, 4) is 0 Å². The summed E-state index contributed by atoms with van der Waals surface area (Å²) in [5.74, 6) is -1.20. The zero-order valence-electron chi connectivity index (χ0n) is 10.0. The summed E-state index contributed by atoms with van der Waals surface area (Å²) < 4.78 is 0. The molecule has 0 aromatic carbocycles. The van der Waals surface area contributed by atoms with E-state index < -0.39 is 17.4 Å². The van der Waals surface area contributed by atoms with Crippen LogP contribution in [0.4, 0.5) is 0 Å². The molecule has 1 fully saturated rings. The second-order valence-corrected chi connectivity index (χ2v) is 5.29. The lowest BCUT2D eigenvalue weighted by Gasteiger charge is -2.28. The van der Waals surface area contributed by atoms with Crippen LogP contribution in [0.15, 0.2) is 0 Å². The first kappa shape index (κ1) is 13.0. The van der Waals surface area contributed by atoms with Crippen molar-refractivity contribution in [2.45, 2.75) is 45.7 Å². The molecule has 5 heteroatoms. The van der Waals surface area contributed by atoms with E-state index in [2.05, 4.69) is 10.6 Å². The van der Waals surface area contributed by atoms with Crippen LogP contribution in [0.25, 0.3) is 0 Å². The van der Waals surface area contributed by atoms with Gasteiger partial charge in [-0.15, -0.1) is 0 Å². The van der Waals surface area contributed by atoms with Crippen LogP contribution in [0.5, 0.6) is 0 Å². The van der Waals surface area contributed by atoms with Crippen molar-refractivity contribution < 1.29 is 14.7 Å². The van der Waals surface area contributed by atoms with Crippen LogP contribution in [-0.2, 0) is 9.59 Å². The number of carbonyl (C=O) groups excluding carboxylic acids is 1. The molecule has 2 atom stereocenters. The van der Waals surface area contributed by atoms with Crippen LogP contribution in [0.2, 0.25) is 0 Å². The normalized spacial score (nSPS) is 22.8. The zero-order valence-corrected chi connectivity index (χ0v) is 10.0. The molecule has 16 heavy (non-hydrogen) atoms. The lowest BCUT2D eigenvalue weighted by molar-refractivity contribution is -0.145. The fourth-order valence-corrected chi connectivity index (χ4v) is 1.80. The van der Waals surface area contributed by atoms with Crippen LogP contribution in [-0.4, -0.2) is 35.6 Å². The highest BCUT2D eigenvalue weighted by molar-refractivity contribution is 5.87. The molecule has 1 aliphatic rings. The average Bonchev–Trinajstić information content (AvgIpc) is 2.63. The Morgan fingerprint density at radius 1 is 1.44 bits per heavy atom. The topological polar surface area (TPSA) is 78.4 Å². The predicted molar refractivity (Wildman–Crippen MR) is 60.0 cm³/mol. The van der Waals surface area contributed by atoms with Gasteiger partial charge in [-0.05, 0) is 24.8 Å². The van der Waals surface area contributed by atoms with Crippen molar-refractivity contribution in [1.29, 1.82) is 0 Å². The van der Waals surface area contributed by atoms with E-state index in [0.717, 1.165) is 19.4 Å². The Balaban J connectivity index is 2.61. The van der Waals surface area contributed by atoms with E-state index in [1.165, 1.54) is 0 Å². The molecule has 0 saturated carbocycles. The van der Waals surface area contributed by atoms with Crippen LogP contribution < -0.4 is 10.6 Å². The predicted octanol–water partition coefficient (Wildman–Crippen LogP) is 0.354. The molecule has 92 valence electrons. The molecular weight excluding hydrogens is 208 g/mol. The van der Waals surface area contributed by atoms with E-state index >= 15 is 0 Å². The van der Waals surface area contributed by atoms with Gasteiger partial charge in [-0.25, -0.2) is 4.79 Å². The van der Waals surface area contributed by atoms with E-state index in [4.69, 9.17) is 5.11 Å². The van der Waals surface area contributed by atoms with Gasteiger partial charge in [0, 0.05) is 0 Å². The van der Waals surface area contributed by atoms with Gasteiger partial charge in [0.1, 0.15) is 6.04 Å². The number of carboxylic acids is 1. The Labute approximate surface area is 95.6 Å². The molecule has 0 spiro atoms. The molecule has 0 aliphatic carbocycles. The Morgan fingerprint density at radius 3 is 2.44 bits per heavy atom. The SMILES string of the molecule is CC(C)(C)[C@@H](NC(=O)[C@@H]1CCCN1)C(=O)O. The van der Waals surface area contributed by atoms with E-state index in [0.29, 0.717) is 0 Å². The molecule has 1 heterocycles. The highest BCUT2D eigenvalue weighted by atomic mass is 16.4. The summed E-state index contributed by atoms with van der Waals surface area (Å²) in [4.78, 5) is 22.8. The van der Waals surface area contributed by atoms with Gasteiger partial charge in [-0.3, -0.25) is 4.79 Å². The maximum absolute atomic E-state index is 11.8. The average molecular weight is 228 g/mol. The molecular formula is C11H20N2O3. The van der Waals surface area contributed by atoms with E-state index in [-0.39, 0.29) is 11.9 Å². The van der Waals surface area contributed by atoms with Gasteiger partial charge in [0.15, 0.2) is 0 Å². The van der Waals surface area contributed by atoms with Crippen LogP contribution in [0.3, 0.4) is 0 Å². The lowest BCUT2D eigenvalue weighted by Crippen LogP contribution is -2.53. The highest BCUT2D eigenvalue weighted by Crippen LogP contribution is 2.20. The van der Waals surface area contributed by atoms with Gasteiger partial charge in [-0.2, -0.15) is 0 Å². The Kier molecular flexibility index (Phi) is 3.91. The summed E-state index contributed by atoms with van der Waals surface area (Å²) in [6, 6.07) is -1.08. The summed E-state index contributed by atoms with van der Waals surface area (Å²) >= 11 is 0. The third-order valence-electron chi connectivity index (χ3n) is 2.78. The largest absolute Gasteiger partial charge is 0.480 e. The minimum Gasteiger partial charge on any atom is -0.480 e. The van der Waals surface area contributed by atoms with Gasteiger partial charge in [-0.1, -0.05) is 20.8 Å². The van der Waals surface area contributed by atoms with Crippen LogP contribution >= 0.6 is 0 Å². The van der Waals surface area contributed by atoms with Crippen molar-refractivity contribution in [1.82, 2.24) is 10.6 Å². The number of hydrogen-bond donors (Lipinski definition) is 3. The monoisotopic (exact) mass is 228 g/mol. The second-order valence-electron chi connectivity index (χ2n) is 5.29. The summed E-state index contributed by atoms with van der Waals surface area (Å²) in [5, 5.41) is 14.7. The molecule has 0 aromatic heterocycles. The first-order chi connectivity index (χ1) is 7.32. The summed E-state index contributed by atoms with van der Waals surface area (Å²) in [7, 11) is 0. The van der Waals surface area contributed by atoms with E-state index in [1.54, 1.807) is 20.8 Å². The smallest absolute Gasteiger partial charge is 0.326 e. The van der Waals surface area contributed by atoms with Gasteiger partial charge < -0.3 is 15.7 Å². The summed E-state index contributed by atoms with van der Waals surface area (Å²) in [5.41, 5.74) is -0.486. The molecule has 1 saturated heterocycles. The number of carbonyl (C=O) groups is 2. The van der Waals surface area contributed by atoms with Crippen LogP contribution in [0.1, 0.15) is 33.6 Å². The Hall–Kier alpha value is -1.10. The molecule has 1 amide bonds. The maximum atomic E-state index is 11.8. The first-order valence-corrected chi connectivity index (χ1v) is 5.59. The zero-order chi connectivity index (χ0) is 12.3. The number of rotatable bonds is 3. The molecule has 3 N–H and O–H groups in total. The number of amides is 1. The van der Waals surface area contributed by atoms with Gasteiger partial charge in [0.05, 0.1) is 6.04 Å². The molecule has 0 aromatic rings. The van der Waals surface area contributed by atoms with Gasteiger partial charge in [0.2, 0.25) is 5.91 Å². The van der Waals surface area contributed by atoms with Gasteiger partial charge >= 0.3 is 5.97 Å². The van der Waals surface area contributed by atoms with Crippen molar-refractivity contribution >= 4 is 11.9 Å². The molecule has 0 unspecified atom stereocenters. The third-order valence-corrected chi connectivity index (χ3v) is 2.78. The quantitative estimate of drug-likeness (QED) is 0.651. The molecule has 0 radical (unpaired) electrons. The van der Waals surface area contributed by atoms with Crippen molar-refractivity contribution in [3.05, 3.63) is 0 Å². The summed E-state index contributed by atoms with van der Waals surface area (Å²) in [6.07, 6.45) is 1.74. The highest BCUT2D eigenvalue weighted by Gasteiger charge is 2.34. The molecule has 5 nitrogen and oxygen atoms in total. The minimum atomic E-state index is -0.987. The van der Waals surface area contributed by atoms with Crippen molar-refractivity contribution in [2.24, 2.45) is 5.41 Å². The number of carboxylic acid groups (broad SMARTS) is 1. The lowest BCUT2D eigenvalue weighted by atomic mass is 9.86. The number of nitrogens with one attached hydrogen (secondary N) is 2. The molecule has 0 bridgehead atoms. The van der Waals surface area contributed by atoms with Crippen LogP contribution in [0, 0.1) is 5.41 Å². The van der Waals surface area contributed by atoms with Crippen molar-refractivity contribution in [2.75, 3.05) is 6.54 Å². The van der Waals surface area contributed by atoms with Crippen molar-refractivity contribution in [3.63, 3.8) is 0 Å². The summed E-state index contributed by atoms with van der Waals surface area (Å²) in [6.45, 7) is 6.22. The Bertz CT molecular complexity index is 277.